The molecule has 2 heteroatoms. The van der Waals surface area contributed by atoms with Gasteiger partial charge < -0.3 is 9.47 Å². The SMILES string of the molecule is CCOc1ccccc1CCOc1ccccc1. The van der Waals surface area contributed by atoms with Crippen LogP contribution in [0.25, 0.3) is 0 Å². The maximum Gasteiger partial charge on any atom is 0.122 e. The van der Waals surface area contributed by atoms with E-state index in [1.165, 1.54) is 5.56 Å². The molecule has 0 aliphatic heterocycles. The van der Waals surface area contributed by atoms with Crippen LogP contribution >= 0.6 is 0 Å². The first kappa shape index (κ1) is 12.5. The van der Waals surface area contributed by atoms with Gasteiger partial charge in [0.15, 0.2) is 0 Å². The second-order valence-electron chi connectivity index (χ2n) is 3.95. The van der Waals surface area contributed by atoms with Crippen molar-refractivity contribution >= 4 is 0 Å². The van der Waals surface area contributed by atoms with Crippen LogP contribution in [0.15, 0.2) is 54.6 Å². The standard InChI is InChI=1S/C16H18O2/c1-2-17-16-11-7-6-8-14(16)12-13-18-15-9-4-3-5-10-15/h3-11H,2,12-13H2,1H3. The Labute approximate surface area is 108 Å². The minimum atomic E-state index is 0.661. The summed E-state index contributed by atoms with van der Waals surface area (Å²) in [6.07, 6.45) is 0.852. The quantitative estimate of drug-likeness (QED) is 0.768. The van der Waals surface area contributed by atoms with Crippen molar-refractivity contribution in [3.8, 4) is 11.5 Å². The van der Waals surface area contributed by atoms with E-state index in [4.69, 9.17) is 9.47 Å². The zero-order valence-corrected chi connectivity index (χ0v) is 10.6. The van der Waals surface area contributed by atoms with Crippen LogP contribution in [0.4, 0.5) is 0 Å². The first-order valence-corrected chi connectivity index (χ1v) is 6.28. The van der Waals surface area contributed by atoms with E-state index in [1.807, 2.05) is 55.5 Å². The van der Waals surface area contributed by atoms with Crippen LogP contribution in [-0.4, -0.2) is 13.2 Å². The van der Waals surface area contributed by atoms with Gasteiger partial charge in [0.2, 0.25) is 0 Å². The van der Waals surface area contributed by atoms with Gasteiger partial charge in [-0.2, -0.15) is 0 Å². The molecule has 0 saturated carbocycles. The Hall–Kier alpha value is -1.96. The monoisotopic (exact) mass is 242 g/mol. The first-order valence-electron chi connectivity index (χ1n) is 6.28. The van der Waals surface area contributed by atoms with Crippen LogP contribution in [0.2, 0.25) is 0 Å². The van der Waals surface area contributed by atoms with Gasteiger partial charge in [-0.1, -0.05) is 36.4 Å². The van der Waals surface area contributed by atoms with Crippen LogP contribution < -0.4 is 9.47 Å². The second kappa shape index (κ2) is 6.70. The summed E-state index contributed by atoms with van der Waals surface area (Å²) in [5.41, 5.74) is 1.19. The van der Waals surface area contributed by atoms with Crippen molar-refractivity contribution in [3.05, 3.63) is 60.2 Å². The Morgan fingerprint density at radius 1 is 0.833 bits per heavy atom. The van der Waals surface area contributed by atoms with Crippen LogP contribution in [0.1, 0.15) is 12.5 Å². The van der Waals surface area contributed by atoms with E-state index in [2.05, 4.69) is 6.07 Å². The van der Waals surface area contributed by atoms with Crippen molar-refractivity contribution in [1.82, 2.24) is 0 Å². The molecule has 0 heterocycles. The summed E-state index contributed by atoms with van der Waals surface area (Å²) in [6, 6.07) is 18.0. The molecule has 0 saturated heterocycles. The van der Waals surface area contributed by atoms with Crippen molar-refractivity contribution in [2.45, 2.75) is 13.3 Å². The maximum atomic E-state index is 5.69. The predicted molar refractivity (Wildman–Crippen MR) is 73.3 cm³/mol. The lowest BCUT2D eigenvalue weighted by Gasteiger charge is -2.10. The molecule has 0 spiro atoms. The Bertz CT molecular complexity index is 466. The number of para-hydroxylation sites is 2. The zero-order chi connectivity index (χ0) is 12.6. The molecule has 2 nitrogen and oxygen atoms in total. The predicted octanol–water partition coefficient (Wildman–Crippen LogP) is 3.71. The highest BCUT2D eigenvalue weighted by Crippen LogP contribution is 2.19. The summed E-state index contributed by atoms with van der Waals surface area (Å²) in [4.78, 5) is 0. The molecule has 18 heavy (non-hydrogen) atoms. The average molecular weight is 242 g/mol. The van der Waals surface area contributed by atoms with E-state index in [9.17, 15) is 0 Å². The topological polar surface area (TPSA) is 18.5 Å². The summed E-state index contributed by atoms with van der Waals surface area (Å²) in [7, 11) is 0. The van der Waals surface area contributed by atoms with E-state index in [-0.39, 0.29) is 0 Å². The van der Waals surface area contributed by atoms with Crippen molar-refractivity contribution in [1.29, 1.82) is 0 Å². The lowest BCUT2D eigenvalue weighted by atomic mass is 10.1. The third-order valence-corrected chi connectivity index (χ3v) is 2.66. The average Bonchev–Trinajstić information content (AvgIpc) is 2.42. The molecular weight excluding hydrogens is 224 g/mol. The normalized spacial score (nSPS) is 10.1. The molecule has 0 radical (unpaired) electrons. The number of hydrogen-bond donors (Lipinski definition) is 0. The van der Waals surface area contributed by atoms with E-state index in [1.54, 1.807) is 0 Å². The van der Waals surface area contributed by atoms with Crippen molar-refractivity contribution in [3.63, 3.8) is 0 Å². The second-order valence-corrected chi connectivity index (χ2v) is 3.95. The summed E-state index contributed by atoms with van der Waals surface area (Å²) in [6.45, 7) is 3.35. The Balaban J connectivity index is 1.90. The fraction of sp³-hybridized carbons (Fsp3) is 0.250. The maximum absolute atomic E-state index is 5.69. The Kier molecular flexibility index (Phi) is 4.65. The zero-order valence-electron chi connectivity index (χ0n) is 10.6. The van der Waals surface area contributed by atoms with Gasteiger partial charge in [-0.05, 0) is 30.7 Å². The molecule has 2 rings (SSSR count). The van der Waals surface area contributed by atoms with Crippen LogP contribution in [0, 0.1) is 0 Å². The highest BCUT2D eigenvalue weighted by Gasteiger charge is 2.02. The number of hydrogen-bond acceptors (Lipinski definition) is 2. The van der Waals surface area contributed by atoms with Gasteiger partial charge in [-0.3, -0.25) is 0 Å². The number of benzene rings is 2. The molecule has 94 valence electrons. The first-order chi connectivity index (χ1) is 8.90. The summed E-state index contributed by atoms with van der Waals surface area (Å²) in [5.74, 6) is 1.86. The molecule has 0 amide bonds. The van der Waals surface area contributed by atoms with Gasteiger partial charge in [-0.25, -0.2) is 0 Å². The van der Waals surface area contributed by atoms with Gasteiger partial charge in [-0.15, -0.1) is 0 Å². The van der Waals surface area contributed by atoms with Gasteiger partial charge in [0.05, 0.1) is 13.2 Å². The molecule has 0 fully saturated rings. The Morgan fingerprint density at radius 2 is 1.56 bits per heavy atom. The molecule has 0 aliphatic rings. The molecule has 0 aromatic heterocycles. The third kappa shape index (κ3) is 3.52. The van der Waals surface area contributed by atoms with E-state index >= 15 is 0 Å². The molecule has 2 aromatic carbocycles. The minimum Gasteiger partial charge on any atom is -0.494 e. The molecule has 0 atom stereocenters. The third-order valence-electron chi connectivity index (χ3n) is 2.66. The summed E-state index contributed by atoms with van der Waals surface area (Å²) < 4.78 is 11.3. The Morgan fingerprint density at radius 3 is 2.33 bits per heavy atom. The lowest BCUT2D eigenvalue weighted by Crippen LogP contribution is -2.03. The summed E-state index contributed by atoms with van der Waals surface area (Å²) in [5, 5.41) is 0. The minimum absolute atomic E-state index is 0.661. The van der Waals surface area contributed by atoms with Crippen LogP contribution in [0.3, 0.4) is 0 Å². The summed E-state index contributed by atoms with van der Waals surface area (Å²) >= 11 is 0. The fourth-order valence-corrected chi connectivity index (χ4v) is 1.80. The van der Waals surface area contributed by atoms with E-state index in [0.717, 1.165) is 17.9 Å². The fourth-order valence-electron chi connectivity index (χ4n) is 1.80. The van der Waals surface area contributed by atoms with Crippen LogP contribution in [-0.2, 0) is 6.42 Å². The van der Waals surface area contributed by atoms with E-state index < -0.39 is 0 Å². The van der Waals surface area contributed by atoms with Crippen molar-refractivity contribution in [2.75, 3.05) is 13.2 Å². The largest absolute Gasteiger partial charge is 0.494 e. The molecule has 0 aliphatic carbocycles. The number of ether oxygens (including phenoxy) is 2. The molecule has 0 N–H and O–H groups in total. The highest BCUT2D eigenvalue weighted by molar-refractivity contribution is 5.33. The molecule has 0 unspecified atom stereocenters. The van der Waals surface area contributed by atoms with Gasteiger partial charge in [0.25, 0.3) is 0 Å². The van der Waals surface area contributed by atoms with Gasteiger partial charge >= 0.3 is 0 Å². The lowest BCUT2D eigenvalue weighted by molar-refractivity contribution is 0.310. The van der Waals surface area contributed by atoms with Gasteiger partial charge in [0, 0.05) is 6.42 Å². The van der Waals surface area contributed by atoms with E-state index in [0.29, 0.717) is 13.2 Å². The highest BCUT2D eigenvalue weighted by atomic mass is 16.5. The molecular formula is C16H18O2. The molecule has 2 aromatic rings. The smallest absolute Gasteiger partial charge is 0.122 e. The number of rotatable bonds is 6. The van der Waals surface area contributed by atoms with Crippen molar-refractivity contribution in [2.24, 2.45) is 0 Å². The van der Waals surface area contributed by atoms with Crippen molar-refractivity contribution < 1.29 is 9.47 Å². The molecule has 0 bridgehead atoms. The van der Waals surface area contributed by atoms with Gasteiger partial charge in [0.1, 0.15) is 11.5 Å². The van der Waals surface area contributed by atoms with Crippen LogP contribution in [0.5, 0.6) is 11.5 Å².